The van der Waals surface area contributed by atoms with Gasteiger partial charge in [0.15, 0.2) is 0 Å². The van der Waals surface area contributed by atoms with E-state index in [1.807, 2.05) is 12.3 Å². The van der Waals surface area contributed by atoms with E-state index in [-0.39, 0.29) is 5.97 Å². The van der Waals surface area contributed by atoms with E-state index >= 15 is 0 Å². The van der Waals surface area contributed by atoms with Crippen LogP contribution in [0.2, 0.25) is 0 Å². The predicted molar refractivity (Wildman–Crippen MR) is 63.6 cm³/mol. The van der Waals surface area contributed by atoms with E-state index in [1.165, 1.54) is 18.4 Å². The van der Waals surface area contributed by atoms with Crippen LogP contribution in [0.1, 0.15) is 28.6 Å². The average molecular weight is 239 g/mol. The molecule has 0 aliphatic carbocycles. The van der Waals surface area contributed by atoms with Gasteiger partial charge in [0.05, 0.1) is 12.8 Å². The molecule has 0 bridgehead atoms. The van der Waals surface area contributed by atoms with Crippen molar-refractivity contribution in [3.05, 3.63) is 21.9 Å². The molecule has 2 heterocycles. The Kier molecular flexibility index (Phi) is 2.98. The average Bonchev–Trinajstić information content (AvgIpc) is 2.70. The zero-order valence-electron chi connectivity index (χ0n) is 9.11. The number of carbonyl (C=O) groups is 1. The van der Waals surface area contributed by atoms with Gasteiger partial charge in [-0.05, 0) is 18.1 Å². The van der Waals surface area contributed by atoms with Crippen molar-refractivity contribution < 1.29 is 14.6 Å². The van der Waals surface area contributed by atoms with Crippen LogP contribution in [0.3, 0.4) is 0 Å². The molecule has 1 aliphatic rings. The molecule has 2 N–H and O–H groups in total. The number of carbonyl (C=O) groups excluding carboxylic acids is 1. The van der Waals surface area contributed by atoms with Crippen LogP contribution in [-0.4, -0.2) is 24.4 Å². The number of methoxy groups -OCH3 is 1. The summed E-state index contributed by atoms with van der Waals surface area (Å²) in [7, 11) is 1.35. The number of aliphatic hydroxyl groups excluding tert-OH is 1. The van der Waals surface area contributed by atoms with Crippen LogP contribution < -0.4 is 5.32 Å². The fraction of sp³-hybridized carbons (Fsp3) is 0.364. The largest absolute Gasteiger partial charge is 0.465 e. The maximum atomic E-state index is 11.5. The molecule has 1 unspecified atom stereocenters. The van der Waals surface area contributed by atoms with Crippen molar-refractivity contribution in [3.63, 3.8) is 0 Å². The van der Waals surface area contributed by atoms with Crippen molar-refractivity contribution in [1.82, 2.24) is 0 Å². The van der Waals surface area contributed by atoms with Gasteiger partial charge in [-0.1, -0.05) is 6.92 Å². The molecule has 0 amide bonds. The minimum absolute atomic E-state index is 0.372. The summed E-state index contributed by atoms with van der Waals surface area (Å²) in [6.45, 7) is 2.02. The van der Waals surface area contributed by atoms with E-state index in [9.17, 15) is 9.90 Å². The van der Waals surface area contributed by atoms with Gasteiger partial charge in [-0.2, -0.15) is 0 Å². The van der Waals surface area contributed by atoms with E-state index < -0.39 is 6.23 Å². The van der Waals surface area contributed by atoms with Gasteiger partial charge in [-0.15, -0.1) is 11.3 Å². The van der Waals surface area contributed by atoms with Crippen molar-refractivity contribution >= 4 is 28.6 Å². The van der Waals surface area contributed by atoms with Crippen LogP contribution >= 0.6 is 11.3 Å². The highest BCUT2D eigenvalue weighted by Crippen LogP contribution is 2.38. The van der Waals surface area contributed by atoms with Gasteiger partial charge in [0, 0.05) is 10.9 Å². The molecule has 0 saturated carbocycles. The fourth-order valence-corrected chi connectivity index (χ4v) is 2.73. The summed E-state index contributed by atoms with van der Waals surface area (Å²) in [5, 5.41) is 14.4. The number of aliphatic hydroxyl groups is 1. The summed E-state index contributed by atoms with van der Waals surface area (Å²) >= 11 is 1.33. The lowest BCUT2D eigenvalue weighted by atomic mass is 10.0. The fourth-order valence-electron chi connectivity index (χ4n) is 1.76. The van der Waals surface area contributed by atoms with Gasteiger partial charge in [-0.25, -0.2) is 4.79 Å². The summed E-state index contributed by atoms with van der Waals surface area (Å²) in [6.07, 6.45) is 1.85. The van der Waals surface area contributed by atoms with Gasteiger partial charge in [0.2, 0.25) is 0 Å². The van der Waals surface area contributed by atoms with E-state index in [1.54, 1.807) is 6.08 Å². The first-order valence-corrected chi connectivity index (χ1v) is 5.90. The Balaban J connectivity index is 2.47. The molecule has 1 aromatic heterocycles. The highest BCUT2D eigenvalue weighted by Gasteiger charge is 2.24. The molecule has 0 saturated heterocycles. The van der Waals surface area contributed by atoms with Crippen LogP contribution in [0.15, 0.2) is 11.5 Å². The standard InChI is InChI=1S/C11H13NO3S/c1-3-6-4-8(13)12-9-7(6)5-16-10(9)11(14)15-2/h4-5,8,12-13H,3H2,1-2H3. The zero-order chi connectivity index (χ0) is 11.7. The molecule has 0 spiro atoms. The van der Waals surface area contributed by atoms with E-state index in [0.717, 1.165) is 17.6 Å². The molecule has 2 rings (SSSR count). The normalized spacial score (nSPS) is 18.4. The molecular weight excluding hydrogens is 226 g/mol. The maximum Gasteiger partial charge on any atom is 0.350 e. The van der Waals surface area contributed by atoms with Gasteiger partial charge in [0.1, 0.15) is 11.1 Å². The number of hydrogen-bond acceptors (Lipinski definition) is 5. The maximum absolute atomic E-state index is 11.5. The van der Waals surface area contributed by atoms with Crippen LogP contribution in [0.4, 0.5) is 5.69 Å². The van der Waals surface area contributed by atoms with Crippen molar-refractivity contribution in [3.8, 4) is 0 Å². The second kappa shape index (κ2) is 4.27. The first kappa shape index (κ1) is 11.2. The molecule has 86 valence electrons. The Bertz CT molecular complexity index is 450. The molecule has 1 aromatic rings. The Morgan fingerprint density at radius 1 is 1.69 bits per heavy atom. The van der Waals surface area contributed by atoms with E-state index in [0.29, 0.717) is 10.6 Å². The van der Waals surface area contributed by atoms with Crippen LogP contribution in [-0.2, 0) is 4.74 Å². The lowest BCUT2D eigenvalue weighted by Gasteiger charge is -2.20. The molecule has 1 atom stereocenters. The van der Waals surface area contributed by atoms with Crippen molar-refractivity contribution in [2.75, 3.05) is 12.4 Å². The number of rotatable bonds is 2. The lowest BCUT2D eigenvalue weighted by molar-refractivity contribution is 0.0607. The number of hydrogen-bond donors (Lipinski definition) is 2. The first-order chi connectivity index (χ1) is 7.67. The summed E-state index contributed by atoms with van der Waals surface area (Å²) in [5.41, 5.74) is 2.72. The zero-order valence-corrected chi connectivity index (χ0v) is 9.93. The molecular formula is C11H13NO3S. The number of esters is 1. The summed E-state index contributed by atoms with van der Waals surface area (Å²) in [4.78, 5) is 12.0. The number of anilines is 1. The quantitative estimate of drug-likeness (QED) is 0.776. The molecule has 4 nitrogen and oxygen atoms in total. The second-order valence-corrected chi connectivity index (χ2v) is 4.36. The topological polar surface area (TPSA) is 58.6 Å². The SMILES string of the molecule is CCC1=CC(O)Nc2c1csc2C(=O)OC. The van der Waals surface area contributed by atoms with Crippen LogP contribution in [0.25, 0.3) is 5.57 Å². The molecule has 0 aromatic carbocycles. The van der Waals surface area contributed by atoms with Crippen molar-refractivity contribution in [1.29, 1.82) is 0 Å². The highest BCUT2D eigenvalue weighted by molar-refractivity contribution is 7.13. The predicted octanol–water partition coefficient (Wildman–Crippen LogP) is 2.07. The third-order valence-corrected chi connectivity index (χ3v) is 3.50. The van der Waals surface area contributed by atoms with Crippen LogP contribution in [0, 0.1) is 0 Å². The smallest absolute Gasteiger partial charge is 0.350 e. The Labute approximate surface area is 97.6 Å². The minimum atomic E-state index is -0.736. The second-order valence-electron chi connectivity index (χ2n) is 3.48. The van der Waals surface area contributed by atoms with Gasteiger partial charge < -0.3 is 15.2 Å². The number of nitrogens with one attached hydrogen (secondary N) is 1. The Hall–Kier alpha value is -1.33. The molecule has 0 fully saturated rings. The van der Waals surface area contributed by atoms with E-state index in [2.05, 4.69) is 5.32 Å². The van der Waals surface area contributed by atoms with Gasteiger partial charge >= 0.3 is 5.97 Å². The summed E-state index contributed by atoms with van der Waals surface area (Å²) in [5.74, 6) is -0.372. The molecule has 1 aliphatic heterocycles. The molecule has 5 heteroatoms. The number of ether oxygens (including phenoxy) is 1. The third-order valence-electron chi connectivity index (χ3n) is 2.54. The summed E-state index contributed by atoms with van der Waals surface area (Å²) < 4.78 is 4.70. The number of fused-ring (bicyclic) bond motifs is 1. The highest BCUT2D eigenvalue weighted by atomic mass is 32.1. The summed E-state index contributed by atoms with van der Waals surface area (Å²) in [6, 6.07) is 0. The van der Waals surface area contributed by atoms with Gasteiger partial charge in [0.25, 0.3) is 0 Å². The molecule has 0 radical (unpaired) electrons. The molecule has 16 heavy (non-hydrogen) atoms. The Morgan fingerprint density at radius 2 is 2.44 bits per heavy atom. The van der Waals surface area contributed by atoms with Gasteiger partial charge in [-0.3, -0.25) is 0 Å². The van der Waals surface area contributed by atoms with Crippen molar-refractivity contribution in [2.24, 2.45) is 0 Å². The first-order valence-electron chi connectivity index (χ1n) is 5.02. The minimum Gasteiger partial charge on any atom is -0.465 e. The van der Waals surface area contributed by atoms with E-state index in [4.69, 9.17) is 4.74 Å². The third kappa shape index (κ3) is 1.72. The number of thiophene rings is 1. The van der Waals surface area contributed by atoms with Crippen LogP contribution in [0.5, 0.6) is 0 Å². The monoisotopic (exact) mass is 239 g/mol. The lowest BCUT2D eigenvalue weighted by Crippen LogP contribution is -2.21. The van der Waals surface area contributed by atoms with Crippen molar-refractivity contribution in [2.45, 2.75) is 19.6 Å². The number of allylic oxidation sites excluding steroid dienone is 1. The Morgan fingerprint density at radius 3 is 3.06 bits per heavy atom.